The first kappa shape index (κ1) is 15.6. The molecule has 2 amide bonds. The van der Waals surface area contributed by atoms with Crippen LogP contribution in [0.5, 0.6) is 0 Å². The Labute approximate surface area is 133 Å². The van der Waals surface area contributed by atoms with Gasteiger partial charge in [-0.05, 0) is 43.7 Å². The van der Waals surface area contributed by atoms with E-state index in [0.717, 1.165) is 43.4 Å². The number of aliphatic hydroxyl groups is 1. The largest absolute Gasteiger partial charge is 0.393 e. The molecule has 1 aliphatic heterocycles. The van der Waals surface area contributed by atoms with Crippen LogP contribution in [0.15, 0.2) is 23.1 Å². The predicted molar refractivity (Wildman–Crippen MR) is 84.4 cm³/mol. The predicted octanol–water partition coefficient (Wildman–Crippen LogP) is 2.97. The smallest absolute Gasteiger partial charge is 0.315 e. The first-order valence-electron chi connectivity index (χ1n) is 7.80. The van der Waals surface area contributed by atoms with Crippen molar-refractivity contribution in [3.8, 4) is 0 Å². The van der Waals surface area contributed by atoms with Gasteiger partial charge in [0.1, 0.15) is 5.82 Å². The molecule has 0 spiro atoms. The molecule has 0 bridgehead atoms. The number of amides is 2. The minimum atomic E-state index is -0.230. The van der Waals surface area contributed by atoms with E-state index in [1.807, 2.05) is 6.07 Å². The van der Waals surface area contributed by atoms with E-state index < -0.39 is 0 Å². The van der Waals surface area contributed by atoms with Gasteiger partial charge in [-0.3, -0.25) is 0 Å². The number of fused-ring (bicyclic) bond motifs is 1. The highest BCUT2D eigenvalue weighted by Gasteiger charge is 2.26. The number of thioether (sulfide) groups is 1. The van der Waals surface area contributed by atoms with Gasteiger partial charge in [0.25, 0.3) is 0 Å². The number of benzene rings is 1. The zero-order valence-corrected chi connectivity index (χ0v) is 13.2. The molecule has 3 rings (SSSR count). The van der Waals surface area contributed by atoms with Crippen LogP contribution in [-0.2, 0) is 0 Å². The average molecular weight is 324 g/mol. The minimum absolute atomic E-state index is 0.119. The molecule has 1 aromatic rings. The zero-order valence-electron chi connectivity index (χ0n) is 12.3. The van der Waals surface area contributed by atoms with Gasteiger partial charge in [0.05, 0.1) is 12.1 Å². The van der Waals surface area contributed by atoms with Crippen molar-refractivity contribution in [3.63, 3.8) is 0 Å². The molecule has 1 aliphatic carbocycles. The molecule has 1 saturated carbocycles. The topological polar surface area (TPSA) is 61.4 Å². The number of nitrogens with one attached hydrogen (secondary N) is 2. The lowest BCUT2D eigenvalue weighted by Crippen LogP contribution is -2.45. The summed E-state index contributed by atoms with van der Waals surface area (Å²) in [6.07, 6.45) is 3.66. The molecule has 3 N–H and O–H groups in total. The summed E-state index contributed by atoms with van der Waals surface area (Å²) in [7, 11) is 0. The molecule has 1 heterocycles. The van der Waals surface area contributed by atoms with Gasteiger partial charge < -0.3 is 15.7 Å². The van der Waals surface area contributed by atoms with Crippen molar-refractivity contribution in [3.05, 3.63) is 29.6 Å². The van der Waals surface area contributed by atoms with Crippen LogP contribution in [0.1, 0.15) is 43.7 Å². The standard InChI is InChI=1S/C16H21FN2O2S/c17-13-3-1-2-12-14(8-9-22-15(12)13)19-16(21)18-10-4-6-11(20)7-5-10/h1-3,10-11,14,20H,4-9H2,(H2,18,19,21). The lowest BCUT2D eigenvalue weighted by Gasteiger charge is -2.29. The fraction of sp³-hybridized carbons (Fsp3) is 0.562. The van der Waals surface area contributed by atoms with E-state index in [2.05, 4.69) is 10.6 Å². The summed E-state index contributed by atoms with van der Waals surface area (Å²) in [4.78, 5) is 12.8. The second-order valence-electron chi connectivity index (χ2n) is 5.97. The van der Waals surface area contributed by atoms with Crippen LogP contribution in [0.25, 0.3) is 0 Å². The number of carbonyl (C=O) groups excluding carboxylic acids is 1. The normalized spacial score (nSPS) is 27.8. The van der Waals surface area contributed by atoms with Crippen molar-refractivity contribution in [2.24, 2.45) is 0 Å². The third kappa shape index (κ3) is 3.55. The van der Waals surface area contributed by atoms with E-state index in [1.54, 1.807) is 6.07 Å². The fourth-order valence-corrected chi connectivity index (χ4v) is 4.28. The second kappa shape index (κ2) is 6.87. The Morgan fingerprint density at radius 1 is 1.18 bits per heavy atom. The molecular formula is C16H21FN2O2S. The summed E-state index contributed by atoms with van der Waals surface area (Å²) >= 11 is 1.51. The number of carbonyl (C=O) groups is 1. The molecule has 0 aromatic heterocycles. The van der Waals surface area contributed by atoms with Crippen molar-refractivity contribution >= 4 is 17.8 Å². The summed E-state index contributed by atoms with van der Waals surface area (Å²) < 4.78 is 13.8. The molecule has 120 valence electrons. The SMILES string of the molecule is O=C(NC1CCC(O)CC1)NC1CCSc2c(F)cccc21. The highest BCUT2D eigenvalue weighted by atomic mass is 32.2. The summed E-state index contributed by atoms with van der Waals surface area (Å²) in [5.74, 6) is 0.588. The monoisotopic (exact) mass is 324 g/mol. The molecule has 22 heavy (non-hydrogen) atoms. The van der Waals surface area contributed by atoms with Gasteiger partial charge in [0, 0.05) is 16.7 Å². The quantitative estimate of drug-likeness (QED) is 0.784. The van der Waals surface area contributed by atoms with Gasteiger partial charge in [-0.25, -0.2) is 9.18 Å². The Morgan fingerprint density at radius 3 is 2.73 bits per heavy atom. The Kier molecular flexibility index (Phi) is 4.88. The minimum Gasteiger partial charge on any atom is -0.393 e. The molecule has 4 nitrogen and oxygen atoms in total. The number of hydrogen-bond donors (Lipinski definition) is 3. The van der Waals surface area contributed by atoms with E-state index >= 15 is 0 Å². The van der Waals surface area contributed by atoms with Gasteiger partial charge in [0.15, 0.2) is 0 Å². The molecule has 1 fully saturated rings. The first-order chi connectivity index (χ1) is 10.6. The third-order valence-corrected chi connectivity index (χ3v) is 5.52. The van der Waals surface area contributed by atoms with Crippen LogP contribution in [0.3, 0.4) is 0 Å². The second-order valence-corrected chi connectivity index (χ2v) is 7.08. The number of rotatable bonds is 2. The van der Waals surface area contributed by atoms with Crippen molar-refractivity contribution in [2.75, 3.05) is 5.75 Å². The summed E-state index contributed by atoms with van der Waals surface area (Å²) in [6.45, 7) is 0. The van der Waals surface area contributed by atoms with E-state index in [9.17, 15) is 14.3 Å². The van der Waals surface area contributed by atoms with Crippen LogP contribution in [0.4, 0.5) is 9.18 Å². The van der Waals surface area contributed by atoms with Gasteiger partial charge >= 0.3 is 6.03 Å². The maximum atomic E-state index is 13.8. The molecule has 1 aromatic carbocycles. The van der Waals surface area contributed by atoms with Gasteiger partial charge in [-0.2, -0.15) is 0 Å². The number of halogens is 1. The molecule has 1 atom stereocenters. The lowest BCUT2D eigenvalue weighted by molar-refractivity contribution is 0.117. The van der Waals surface area contributed by atoms with Crippen molar-refractivity contribution < 1.29 is 14.3 Å². The van der Waals surface area contributed by atoms with Crippen LogP contribution >= 0.6 is 11.8 Å². The molecule has 6 heteroatoms. The summed E-state index contributed by atoms with van der Waals surface area (Å²) in [6, 6.07) is 4.81. The van der Waals surface area contributed by atoms with Crippen LogP contribution in [0.2, 0.25) is 0 Å². The highest BCUT2D eigenvalue weighted by molar-refractivity contribution is 7.99. The Bertz CT molecular complexity index is 547. The zero-order chi connectivity index (χ0) is 15.5. The molecule has 0 radical (unpaired) electrons. The third-order valence-electron chi connectivity index (χ3n) is 4.36. The maximum absolute atomic E-state index is 13.8. The van der Waals surface area contributed by atoms with E-state index in [4.69, 9.17) is 0 Å². The van der Waals surface area contributed by atoms with Crippen LogP contribution in [-0.4, -0.2) is 29.0 Å². The molecular weight excluding hydrogens is 303 g/mol. The highest BCUT2D eigenvalue weighted by Crippen LogP contribution is 2.37. The van der Waals surface area contributed by atoms with Crippen molar-refractivity contribution in [1.29, 1.82) is 0 Å². The van der Waals surface area contributed by atoms with Gasteiger partial charge in [-0.1, -0.05) is 12.1 Å². The van der Waals surface area contributed by atoms with E-state index in [1.165, 1.54) is 17.8 Å². The first-order valence-corrected chi connectivity index (χ1v) is 8.78. The summed E-state index contributed by atoms with van der Waals surface area (Å²) in [5, 5.41) is 15.4. The summed E-state index contributed by atoms with van der Waals surface area (Å²) in [5.41, 5.74) is 0.866. The van der Waals surface area contributed by atoms with Crippen molar-refractivity contribution in [1.82, 2.24) is 10.6 Å². The van der Waals surface area contributed by atoms with E-state index in [0.29, 0.717) is 4.90 Å². The molecule has 0 saturated heterocycles. The number of urea groups is 1. The number of aliphatic hydroxyl groups excluding tert-OH is 1. The fourth-order valence-electron chi connectivity index (χ4n) is 3.14. The molecule has 1 unspecified atom stereocenters. The van der Waals surface area contributed by atoms with Gasteiger partial charge in [0.2, 0.25) is 0 Å². The Morgan fingerprint density at radius 2 is 1.95 bits per heavy atom. The van der Waals surface area contributed by atoms with Crippen molar-refractivity contribution in [2.45, 2.75) is 55.2 Å². The maximum Gasteiger partial charge on any atom is 0.315 e. The average Bonchev–Trinajstić information content (AvgIpc) is 2.51. The van der Waals surface area contributed by atoms with E-state index in [-0.39, 0.29) is 30.0 Å². The van der Waals surface area contributed by atoms with Crippen LogP contribution < -0.4 is 10.6 Å². The Balaban J connectivity index is 1.60. The molecule has 2 aliphatic rings. The number of hydrogen-bond acceptors (Lipinski definition) is 3. The Hall–Kier alpha value is -1.27. The van der Waals surface area contributed by atoms with Gasteiger partial charge in [-0.15, -0.1) is 11.8 Å². The lowest BCUT2D eigenvalue weighted by atomic mass is 9.93. The van der Waals surface area contributed by atoms with Crippen LogP contribution in [0, 0.1) is 5.82 Å².